The molecule has 2 heterocycles. The summed E-state index contributed by atoms with van der Waals surface area (Å²) in [7, 11) is 0. The molecule has 0 aliphatic carbocycles. The molecule has 6 heteroatoms. The fraction of sp³-hybridized carbons (Fsp3) is 0.714. The Bertz CT molecular complexity index is 621. The molecule has 2 aromatic rings. The summed E-state index contributed by atoms with van der Waals surface area (Å²) in [5.41, 5.74) is 3.23. The maximum Gasteiger partial charge on any atom is 0.179 e. The number of aromatic nitrogens is 4. The maximum absolute atomic E-state index is 5.47. The molecule has 1 N–H and O–H groups in total. The van der Waals surface area contributed by atoms with Gasteiger partial charge in [0.25, 0.3) is 0 Å². The van der Waals surface area contributed by atoms with E-state index in [9.17, 15) is 0 Å². The molecule has 2 rings (SSSR count). The van der Waals surface area contributed by atoms with Gasteiger partial charge in [-0.15, -0.1) is 0 Å². The van der Waals surface area contributed by atoms with Gasteiger partial charge in [-0.25, -0.2) is 4.68 Å². The number of aromatic amines is 1. The fourth-order valence-electron chi connectivity index (χ4n) is 2.67. The lowest BCUT2D eigenvalue weighted by Gasteiger charge is -2.19. The van der Waals surface area contributed by atoms with E-state index in [4.69, 9.17) is 12.2 Å². The molecule has 0 atom stereocenters. The van der Waals surface area contributed by atoms with Crippen molar-refractivity contribution >= 4 is 23.4 Å². The van der Waals surface area contributed by atoms with Crippen molar-refractivity contribution in [2.24, 2.45) is 0 Å². The van der Waals surface area contributed by atoms with E-state index in [0.717, 1.165) is 54.4 Å². The average molecular weight is 295 g/mol. The van der Waals surface area contributed by atoms with E-state index in [1.807, 2.05) is 11.6 Å². The minimum atomic E-state index is 0.801. The van der Waals surface area contributed by atoms with Crippen LogP contribution in [0.5, 0.6) is 0 Å². The number of aryl methyl sites for hydroxylation is 2. The number of hydrogen-bond donors (Lipinski definition) is 1. The number of H-pyrrole nitrogens is 1. The van der Waals surface area contributed by atoms with Gasteiger partial charge in [-0.2, -0.15) is 5.10 Å². The summed E-state index contributed by atoms with van der Waals surface area (Å²) in [5.74, 6) is 0. The zero-order chi connectivity index (χ0) is 14.7. The van der Waals surface area contributed by atoms with Crippen molar-refractivity contribution in [1.29, 1.82) is 0 Å². The van der Waals surface area contributed by atoms with Crippen LogP contribution in [0.1, 0.15) is 32.9 Å². The van der Waals surface area contributed by atoms with Crippen molar-refractivity contribution in [3.8, 4) is 0 Å². The van der Waals surface area contributed by atoms with E-state index in [0.29, 0.717) is 0 Å². The van der Waals surface area contributed by atoms with Crippen molar-refractivity contribution in [2.75, 3.05) is 19.6 Å². The van der Waals surface area contributed by atoms with Crippen molar-refractivity contribution in [2.45, 2.75) is 47.2 Å². The van der Waals surface area contributed by atoms with Gasteiger partial charge in [-0.05, 0) is 45.6 Å². The van der Waals surface area contributed by atoms with Gasteiger partial charge in [0.2, 0.25) is 0 Å². The number of fused-ring (bicyclic) bond motifs is 1. The second kappa shape index (κ2) is 6.54. The third kappa shape index (κ3) is 2.81. The largest absolute Gasteiger partial charge is 0.328 e. The van der Waals surface area contributed by atoms with Crippen molar-refractivity contribution in [3.05, 3.63) is 10.5 Å². The quantitative estimate of drug-likeness (QED) is 0.799. The lowest BCUT2D eigenvalue weighted by atomic mass is 10.4. The highest BCUT2D eigenvalue weighted by Gasteiger charge is 2.14. The molecule has 0 aliphatic heterocycles. The lowest BCUT2D eigenvalue weighted by molar-refractivity contribution is 0.277. The predicted molar refractivity (Wildman–Crippen MR) is 85.7 cm³/mol. The Labute approximate surface area is 125 Å². The smallest absolute Gasteiger partial charge is 0.179 e. The first-order chi connectivity index (χ1) is 9.62. The molecule has 5 nitrogen and oxygen atoms in total. The lowest BCUT2D eigenvalue weighted by Crippen LogP contribution is -2.28. The molecule has 0 radical (unpaired) electrons. The Morgan fingerprint density at radius 3 is 2.60 bits per heavy atom. The van der Waals surface area contributed by atoms with Gasteiger partial charge in [-0.1, -0.05) is 13.8 Å². The van der Waals surface area contributed by atoms with Gasteiger partial charge in [0, 0.05) is 19.6 Å². The Morgan fingerprint density at radius 2 is 2.00 bits per heavy atom. The number of imidazole rings is 1. The molecule has 0 aliphatic rings. The highest BCUT2D eigenvalue weighted by atomic mass is 32.1. The van der Waals surface area contributed by atoms with Crippen LogP contribution in [-0.2, 0) is 13.1 Å². The SMILES string of the molecule is CCCN(CC)CCn1c(=S)[nH]c2c(C)nn(CC)c21. The van der Waals surface area contributed by atoms with Crippen LogP contribution in [0.2, 0.25) is 0 Å². The summed E-state index contributed by atoms with van der Waals surface area (Å²) in [6.07, 6.45) is 1.19. The van der Waals surface area contributed by atoms with E-state index < -0.39 is 0 Å². The Kier molecular flexibility index (Phi) is 4.99. The normalized spacial score (nSPS) is 11.8. The molecular formula is C14H25N5S. The van der Waals surface area contributed by atoms with Crippen LogP contribution >= 0.6 is 12.2 Å². The zero-order valence-corrected chi connectivity index (χ0v) is 13.8. The minimum Gasteiger partial charge on any atom is -0.328 e. The van der Waals surface area contributed by atoms with Crippen LogP contribution < -0.4 is 0 Å². The van der Waals surface area contributed by atoms with E-state index in [1.54, 1.807) is 0 Å². The number of rotatable bonds is 7. The van der Waals surface area contributed by atoms with Gasteiger partial charge < -0.3 is 14.5 Å². The Hall–Kier alpha value is -1.14. The van der Waals surface area contributed by atoms with E-state index in [1.165, 1.54) is 6.42 Å². The van der Waals surface area contributed by atoms with Gasteiger partial charge in [0.1, 0.15) is 5.52 Å². The monoisotopic (exact) mass is 295 g/mol. The van der Waals surface area contributed by atoms with Crippen LogP contribution in [0.15, 0.2) is 0 Å². The van der Waals surface area contributed by atoms with Crippen molar-refractivity contribution in [1.82, 2.24) is 24.2 Å². The number of hydrogen-bond acceptors (Lipinski definition) is 3. The summed E-state index contributed by atoms with van der Waals surface area (Å²) < 4.78 is 5.02. The molecule has 0 saturated heterocycles. The van der Waals surface area contributed by atoms with Crippen LogP contribution in [0, 0.1) is 11.7 Å². The van der Waals surface area contributed by atoms with Crippen molar-refractivity contribution in [3.63, 3.8) is 0 Å². The minimum absolute atomic E-state index is 0.801. The van der Waals surface area contributed by atoms with Crippen LogP contribution in [0.3, 0.4) is 0 Å². The molecule has 0 bridgehead atoms. The summed E-state index contributed by atoms with van der Waals surface area (Å²) in [4.78, 5) is 5.76. The first kappa shape index (κ1) is 15.3. The third-order valence-corrected chi connectivity index (χ3v) is 4.08. The van der Waals surface area contributed by atoms with E-state index in [2.05, 4.69) is 40.3 Å². The van der Waals surface area contributed by atoms with Gasteiger partial charge in [0.05, 0.1) is 5.69 Å². The van der Waals surface area contributed by atoms with Crippen LogP contribution in [0.25, 0.3) is 11.2 Å². The highest BCUT2D eigenvalue weighted by Crippen LogP contribution is 2.18. The first-order valence-electron chi connectivity index (χ1n) is 7.50. The standard InChI is InChI=1S/C14H25N5S/c1-5-8-17(6-2)9-10-18-13-12(15-14(18)20)11(4)16-19(13)7-3/h5-10H2,1-4H3,(H,15,20). The molecule has 0 unspecified atom stereocenters. The third-order valence-electron chi connectivity index (χ3n) is 3.76. The second-order valence-corrected chi connectivity index (χ2v) is 5.50. The molecular weight excluding hydrogens is 270 g/mol. The molecule has 0 spiro atoms. The summed E-state index contributed by atoms with van der Waals surface area (Å²) in [6.45, 7) is 13.6. The van der Waals surface area contributed by atoms with Gasteiger partial charge in [0.15, 0.2) is 10.4 Å². The zero-order valence-electron chi connectivity index (χ0n) is 12.9. The Morgan fingerprint density at radius 1 is 1.25 bits per heavy atom. The molecule has 112 valence electrons. The average Bonchev–Trinajstić information content (AvgIpc) is 2.92. The number of nitrogens with zero attached hydrogens (tertiary/aromatic N) is 4. The molecule has 20 heavy (non-hydrogen) atoms. The molecule has 2 aromatic heterocycles. The number of likely N-dealkylation sites (N-methyl/N-ethyl adjacent to an activating group) is 1. The summed E-state index contributed by atoms with van der Waals surface area (Å²) in [5, 5.41) is 4.56. The van der Waals surface area contributed by atoms with E-state index >= 15 is 0 Å². The Balaban J connectivity index is 2.29. The first-order valence-corrected chi connectivity index (χ1v) is 7.91. The van der Waals surface area contributed by atoms with Crippen molar-refractivity contribution < 1.29 is 0 Å². The highest BCUT2D eigenvalue weighted by molar-refractivity contribution is 7.71. The predicted octanol–water partition coefficient (Wildman–Crippen LogP) is 2.96. The molecule has 0 aromatic carbocycles. The van der Waals surface area contributed by atoms with Gasteiger partial charge in [-0.3, -0.25) is 0 Å². The molecule has 0 amide bonds. The maximum atomic E-state index is 5.47. The second-order valence-electron chi connectivity index (χ2n) is 5.12. The topological polar surface area (TPSA) is 41.8 Å². The van der Waals surface area contributed by atoms with E-state index in [-0.39, 0.29) is 0 Å². The van der Waals surface area contributed by atoms with Crippen LogP contribution in [0.4, 0.5) is 0 Å². The van der Waals surface area contributed by atoms with Gasteiger partial charge >= 0.3 is 0 Å². The number of nitrogens with one attached hydrogen (secondary N) is 1. The summed E-state index contributed by atoms with van der Waals surface area (Å²) >= 11 is 5.47. The fourth-order valence-corrected chi connectivity index (χ4v) is 2.95. The molecule has 0 saturated carbocycles. The molecule has 0 fully saturated rings. The van der Waals surface area contributed by atoms with Crippen LogP contribution in [-0.4, -0.2) is 43.9 Å². The summed E-state index contributed by atoms with van der Waals surface area (Å²) in [6, 6.07) is 0.